The number of nitrogens with zero attached hydrogens (tertiary/aromatic N) is 1. The number of hydrogen-bond acceptors (Lipinski definition) is 4. The van der Waals surface area contributed by atoms with Crippen molar-refractivity contribution in [1.29, 1.82) is 0 Å². The predicted molar refractivity (Wildman–Crippen MR) is 75.2 cm³/mol. The average molecular weight is 289 g/mol. The Balaban J connectivity index is 1.98. The number of rotatable bonds is 4. The summed E-state index contributed by atoms with van der Waals surface area (Å²) in [6.45, 7) is 3.60. The topological polar surface area (TPSA) is 104 Å². The molecule has 2 amide bonds. The van der Waals surface area contributed by atoms with Gasteiger partial charge in [0.25, 0.3) is 0 Å². The van der Waals surface area contributed by atoms with Crippen molar-refractivity contribution in [3.05, 3.63) is 47.7 Å². The summed E-state index contributed by atoms with van der Waals surface area (Å²) >= 11 is 0. The van der Waals surface area contributed by atoms with Crippen LogP contribution in [-0.2, 0) is 0 Å². The zero-order valence-electron chi connectivity index (χ0n) is 11.6. The first-order valence-corrected chi connectivity index (χ1v) is 6.28. The molecule has 0 saturated carbocycles. The van der Waals surface area contributed by atoms with Gasteiger partial charge < -0.3 is 20.2 Å². The van der Waals surface area contributed by atoms with Gasteiger partial charge in [0.1, 0.15) is 11.5 Å². The molecule has 2 aromatic rings. The van der Waals surface area contributed by atoms with Crippen molar-refractivity contribution in [2.45, 2.75) is 19.9 Å². The molecule has 21 heavy (non-hydrogen) atoms. The zero-order chi connectivity index (χ0) is 15.4. The van der Waals surface area contributed by atoms with Crippen LogP contribution in [0, 0.1) is 6.92 Å². The number of aryl methyl sites for hydroxylation is 1. The summed E-state index contributed by atoms with van der Waals surface area (Å²) < 4.78 is 5.41. The lowest BCUT2D eigenvalue weighted by Gasteiger charge is -2.12. The molecular formula is C14H15N3O4. The van der Waals surface area contributed by atoms with E-state index in [0.29, 0.717) is 11.4 Å². The number of aromatic carboxylic acids is 1. The van der Waals surface area contributed by atoms with Gasteiger partial charge in [-0.25, -0.2) is 9.59 Å². The van der Waals surface area contributed by atoms with Gasteiger partial charge in [-0.3, -0.25) is 4.98 Å². The van der Waals surface area contributed by atoms with E-state index < -0.39 is 12.0 Å². The molecule has 1 unspecified atom stereocenters. The first-order chi connectivity index (χ1) is 9.95. The Labute approximate surface area is 121 Å². The van der Waals surface area contributed by atoms with E-state index in [4.69, 9.17) is 9.52 Å². The molecule has 0 aliphatic rings. The molecule has 0 spiro atoms. The SMILES string of the molecule is Cc1ccc(C(C)NC(=O)Nc2cncc(C(=O)O)c2)o1. The highest BCUT2D eigenvalue weighted by atomic mass is 16.4. The van der Waals surface area contributed by atoms with Crippen LogP contribution in [0.5, 0.6) is 0 Å². The molecule has 0 saturated heterocycles. The Morgan fingerprint density at radius 2 is 2.10 bits per heavy atom. The van der Waals surface area contributed by atoms with Crippen LogP contribution in [0.2, 0.25) is 0 Å². The normalized spacial score (nSPS) is 11.7. The second kappa shape index (κ2) is 6.08. The number of urea groups is 1. The Morgan fingerprint density at radius 1 is 1.33 bits per heavy atom. The number of aromatic nitrogens is 1. The molecule has 0 fully saturated rings. The number of furan rings is 1. The van der Waals surface area contributed by atoms with Crippen LogP contribution in [0.15, 0.2) is 35.0 Å². The number of pyridine rings is 1. The number of hydrogen-bond donors (Lipinski definition) is 3. The van der Waals surface area contributed by atoms with Crippen LogP contribution in [-0.4, -0.2) is 22.1 Å². The van der Waals surface area contributed by atoms with Crippen molar-refractivity contribution in [2.24, 2.45) is 0 Å². The summed E-state index contributed by atoms with van der Waals surface area (Å²) in [5, 5.41) is 14.1. The second-order valence-corrected chi connectivity index (χ2v) is 4.54. The van der Waals surface area contributed by atoms with E-state index in [-0.39, 0.29) is 11.6 Å². The number of carbonyl (C=O) groups is 2. The van der Waals surface area contributed by atoms with Crippen molar-refractivity contribution in [1.82, 2.24) is 10.3 Å². The third-order valence-electron chi connectivity index (χ3n) is 2.78. The Bertz CT molecular complexity index is 666. The minimum Gasteiger partial charge on any atom is -0.478 e. The van der Waals surface area contributed by atoms with Gasteiger partial charge >= 0.3 is 12.0 Å². The van der Waals surface area contributed by atoms with Crippen molar-refractivity contribution in [3.63, 3.8) is 0 Å². The fourth-order valence-electron chi connectivity index (χ4n) is 1.75. The largest absolute Gasteiger partial charge is 0.478 e. The standard InChI is InChI=1S/C14H15N3O4/c1-8-3-4-12(21-8)9(2)16-14(20)17-11-5-10(13(18)19)6-15-7-11/h3-7,9H,1-2H3,(H,18,19)(H2,16,17,20). The monoisotopic (exact) mass is 289 g/mol. The summed E-state index contributed by atoms with van der Waals surface area (Å²) in [6.07, 6.45) is 2.58. The van der Waals surface area contributed by atoms with Crippen LogP contribution in [0.4, 0.5) is 10.5 Å². The molecule has 0 aliphatic heterocycles. The van der Waals surface area contributed by atoms with Gasteiger partial charge in [-0.05, 0) is 32.0 Å². The van der Waals surface area contributed by atoms with Crippen LogP contribution in [0.25, 0.3) is 0 Å². The van der Waals surface area contributed by atoms with Gasteiger partial charge in [0.15, 0.2) is 0 Å². The average Bonchev–Trinajstić information content (AvgIpc) is 2.85. The minimum absolute atomic E-state index is 0.00232. The van der Waals surface area contributed by atoms with E-state index in [1.165, 1.54) is 18.5 Å². The van der Waals surface area contributed by atoms with E-state index in [9.17, 15) is 9.59 Å². The lowest BCUT2D eigenvalue weighted by Crippen LogP contribution is -2.31. The fraction of sp³-hybridized carbons (Fsp3) is 0.214. The molecular weight excluding hydrogens is 274 g/mol. The predicted octanol–water partition coefficient (Wildman–Crippen LogP) is 2.56. The molecule has 2 aromatic heterocycles. The highest BCUT2D eigenvalue weighted by Crippen LogP contribution is 2.16. The van der Waals surface area contributed by atoms with Crippen molar-refractivity contribution >= 4 is 17.7 Å². The van der Waals surface area contributed by atoms with E-state index in [0.717, 1.165) is 5.76 Å². The summed E-state index contributed by atoms with van der Waals surface area (Å²) in [5.74, 6) is 0.295. The molecule has 0 aliphatic carbocycles. The highest BCUT2D eigenvalue weighted by molar-refractivity contribution is 5.92. The molecule has 7 heteroatoms. The lowest BCUT2D eigenvalue weighted by molar-refractivity contribution is 0.0696. The van der Waals surface area contributed by atoms with Gasteiger partial charge in [0.2, 0.25) is 0 Å². The van der Waals surface area contributed by atoms with E-state index in [2.05, 4.69) is 15.6 Å². The summed E-state index contributed by atoms with van der Waals surface area (Å²) in [4.78, 5) is 26.4. The molecule has 0 bridgehead atoms. The van der Waals surface area contributed by atoms with Gasteiger partial charge in [0, 0.05) is 6.20 Å². The number of amides is 2. The third kappa shape index (κ3) is 3.82. The maximum Gasteiger partial charge on any atom is 0.337 e. The summed E-state index contributed by atoms with van der Waals surface area (Å²) in [5.41, 5.74) is 0.303. The van der Waals surface area contributed by atoms with Crippen LogP contribution >= 0.6 is 0 Å². The minimum atomic E-state index is -1.11. The first kappa shape index (κ1) is 14.6. The molecule has 0 radical (unpaired) electrons. The Kier molecular flexibility index (Phi) is 4.22. The maximum atomic E-state index is 11.8. The number of carboxylic acid groups (broad SMARTS) is 1. The first-order valence-electron chi connectivity index (χ1n) is 6.28. The van der Waals surface area contributed by atoms with Crippen LogP contribution < -0.4 is 10.6 Å². The Morgan fingerprint density at radius 3 is 2.71 bits per heavy atom. The van der Waals surface area contributed by atoms with Crippen LogP contribution in [0.1, 0.15) is 34.8 Å². The second-order valence-electron chi connectivity index (χ2n) is 4.54. The van der Waals surface area contributed by atoms with Crippen molar-refractivity contribution < 1.29 is 19.1 Å². The smallest absolute Gasteiger partial charge is 0.337 e. The van der Waals surface area contributed by atoms with Gasteiger partial charge in [-0.15, -0.1) is 0 Å². The summed E-state index contributed by atoms with van der Waals surface area (Å²) in [7, 11) is 0. The molecule has 2 rings (SSSR count). The van der Waals surface area contributed by atoms with Crippen LogP contribution in [0.3, 0.4) is 0 Å². The number of carboxylic acids is 1. The Hall–Kier alpha value is -2.83. The quantitative estimate of drug-likeness (QED) is 0.802. The molecule has 110 valence electrons. The van der Waals surface area contributed by atoms with Gasteiger partial charge in [-0.1, -0.05) is 0 Å². The number of anilines is 1. The molecule has 0 aromatic carbocycles. The fourth-order valence-corrected chi connectivity index (χ4v) is 1.75. The number of nitrogens with one attached hydrogen (secondary N) is 2. The maximum absolute atomic E-state index is 11.8. The van der Waals surface area contributed by atoms with E-state index in [1.807, 2.05) is 13.0 Å². The molecule has 1 atom stereocenters. The zero-order valence-corrected chi connectivity index (χ0v) is 11.6. The molecule has 3 N–H and O–H groups in total. The van der Waals surface area contributed by atoms with Crippen molar-refractivity contribution in [2.75, 3.05) is 5.32 Å². The highest BCUT2D eigenvalue weighted by Gasteiger charge is 2.13. The number of carbonyl (C=O) groups excluding carboxylic acids is 1. The lowest BCUT2D eigenvalue weighted by atomic mass is 10.2. The molecule has 2 heterocycles. The third-order valence-corrected chi connectivity index (χ3v) is 2.78. The van der Waals surface area contributed by atoms with E-state index >= 15 is 0 Å². The molecule has 7 nitrogen and oxygen atoms in total. The van der Waals surface area contributed by atoms with E-state index in [1.54, 1.807) is 13.0 Å². The summed E-state index contributed by atoms with van der Waals surface area (Å²) in [6, 6.07) is 4.14. The van der Waals surface area contributed by atoms with Crippen molar-refractivity contribution in [3.8, 4) is 0 Å². The van der Waals surface area contributed by atoms with Gasteiger partial charge in [0.05, 0.1) is 23.5 Å². The van der Waals surface area contributed by atoms with Gasteiger partial charge in [-0.2, -0.15) is 0 Å².